The molecule has 1 heterocycles. The minimum Gasteiger partial charge on any atom is -0.317 e. The van der Waals surface area contributed by atoms with Gasteiger partial charge in [-0.2, -0.15) is 10.4 Å². The van der Waals surface area contributed by atoms with Gasteiger partial charge in [0.1, 0.15) is 15.9 Å². The fourth-order valence-electron chi connectivity index (χ4n) is 1.90. The van der Waals surface area contributed by atoms with Crippen molar-refractivity contribution in [3.05, 3.63) is 50.9 Å². The van der Waals surface area contributed by atoms with Crippen molar-refractivity contribution < 1.29 is 9.59 Å². The lowest BCUT2D eigenvalue weighted by molar-refractivity contribution is -0.114. The molecule has 0 fully saturated rings. The quantitative estimate of drug-likeness (QED) is 0.646. The molecule has 0 unspecified atom stereocenters. The van der Waals surface area contributed by atoms with Crippen LogP contribution in [-0.2, 0) is 4.79 Å². The number of carbonyl (C=O) groups excluding carboxylic acids is 2. The summed E-state index contributed by atoms with van der Waals surface area (Å²) in [5.41, 5.74) is 3.83. The number of thiophene rings is 1. The normalized spacial score (nSPS) is 10.4. The van der Waals surface area contributed by atoms with E-state index in [2.05, 4.69) is 15.8 Å². The molecule has 2 aromatic rings. The predicted molar refractivity (Wildman–Crippen MR) is 94.6 cm³/mol. The molecule has 2 N–H and O–H groups in total. The maximum Gasteiger partial charge on any atom is 0.281 e. The van der Waals surface area contributed by atoms with E-state index in [-0.39, 0.29) is 11.5 Å². The van der Waals surface area contributed by atoms with E-state index in [1.807, 2.05) is 6.07 Å². The van der Waals surface area contributed by atoms with E-state index in [0.717, 1.165) is 11.3 Å². The van der Waals surface area contributed by atoms with Crippen molar-refractivity contribution in [2.75, 3.05) is 5.32 Å². The van der Waals surface area contributed by atoms with E-state index in [4.69, 9.17) is 11.6 Å². The SMILES string of the molecule is CC(=O)Nc1sc(C(=O)N/N=C\c2ccccc2Cl)c(C)c1C#N. The molecule has 0 atom stereocenters. The number of amides is 2. The smallest absolute Gasteiger partial charge is 0.281 e. The standard InChI is InChI=1S/C16H13ClN4O2S/c1-9-12(7-18)16(20-10(2)22)24-14(9)15(23)21-19-8-11-5-3-4-6-13(11)17/h3-6,8H,1-2H3,(H,20,22)(H,21,23)/b19-8-. The minimum absolute atomic E-state index is 0.274. The third-order valence-electron chi connectivity index (χ3n) is 3.03. The summed E-state index contributed by atoms with van der Waals surface area (Å²) in [7, 11) is 0. The third kappa shape index (κ3) is 3.98. The first-order valence-corrected chi connectivity index (χ1v) is 8.02. The van der Waals surface area contributed by atoms with Crippen molar-refractivity contribution in [1.29, 1.82) is 5.26 Å². The maximum atomic E-state index is 12.2. The van der Waals surface area contributed by atoms with E-state index in [0.29, 0.717) is 26.0 Å². The van der Waals surface area contributed by atoms with Gasteiger partial charge in [0.25, 0.3) is 5.91 Å². The first kappa shape index (κ1) is 17.7. The summed E-state index contributed by atoms with van der Waals surface area (Å²) in [6, 6.07) is 9.06. The molecule has 1 aromatic carbocycles. The van der Waals surface area contributed by atoms with Gasteiger partial charge < -0.3 is 5.32 Å². The molecule has 2 amide bonds. The van der Waals surface area contributed by atoms with Crippen molar-refractivity contribution in [1.82, 2.24) is 5.43 Å². The Morgan fingerprint density at radius 1 is 1.38 bits per heavy atom. The van der Waals surface area contributed by atoms with Crippen LogP contribution in [-0.4, -0.2) is 18.0 Å². The molecule has 1 aromatic heterocycles. The lowest BCUT2D eigenvalue weighted by atomic mass is 10.1. The van der Waals surface area contributed by atoms with Crippen LogP contribution in [0.5, 0.6) is 0 Å². The maximum absolute atomic E-state index is 12.2. The van der Waals surface area contributed by atoms with Gasteiger partial charge in [0.2, 0.25) is 5.91 Å². The highest BCUT2D eigenvalue weighted by molar-refractivity contribution is 7.18. The largest absolute Gasteiger partial charge is 0.317 e. The monoisotopic (exact) mass is 360 g/mol. The molecule has 6 nitrogen and oxygen atoms in total. The Kier molecular flexibility index (Phi) is 5.68. The van der Waals surface area contributed by atoms with Crippen LogP contribution in [0, 0.1) is 18.3 Å². The first-order chi connectivity index (χ1) is 11.4. The predicted octanol–water partition coefficient (Wildman–Crippen LogP) is 3.30. The number of nitrogens with zero attached hydrogens (tertiary/aromatic N) is 2. The Hall–Kier alpha value is -2.69. The summed E-state index contributed by atoms with van der Waals surface area (Å²) in [4.78, 5) is 23.7. The number of nitriles is 1. The third-order valence-corrected chi connectivity index (χ3v) is 4.58. The highest BCUT2D eigenvalue weighted by Gasteiger charge is 2.20. The molecule has 8 heteroatoms. The van der Waals surface area contributed by atoms with Gasteiger partial charge in [0.15, 0.2) is 0 Å². The molecule has 2 rings (SSSR count). The second-order valence-electron chi connectivity index (χ2n) is 4.77. The number of anilines is 1. The fourth-order valence-corrected chi connectivity index (χ4v) is 3.18. The second kappa shape index (κ2) is 7.73. The molecule has 122 valence electrons. The molecular weight excluding hydrogens is 348 g/mol. The Bertz CT molecular complexity index is 867. The summed E-state index contributed by atoms with van der Waals surface area (Å²) in [6.45, 7) is 2.98. The van der Waals surface area contributed by atoms with E-state index in [1.54, 1.807) is 31.2 Å². The Balaban J connectivity index is 2.18. The van der Waals surface area contributed by atoms with E-state index in [1.165, 1.54) is 13.1 Å². The molecular formula is C16H13ClN4O2S. The summed E-state index contributed by atoms with van der Waals surface area (Å²) < 4.78 is 0. The van der Waals surface area contributed by atoms with Gasteiger partial charge in [-0.15, -0.1) is 11.3 Å². The van der Waals surface area contributed by atoms with Crippen molar-refractivity contribution in [2.24, 2.45) is 5.10 Å². The van der Waals surface area contributed by atoms with Crippen LogP contribution in [0.2, 0.25) is 5.02 Å². The van der Waals surface area contributed by atoms with Crippen molar-refractivity contribution in [3.8, 4) is 6.07 Å². The molecule has 0 radical (unpaired) electrons. The highest BCUT2D eigenvalue weighted by Crippen LogP contribution is 2.32. The number of hydrazone groups is 1. The van der Waals surface area contributed by atoms with Crippen LogP contribution in [0.25, 0.3) is 0 Å². The van der Waals surface area contributed by atoms with Crippen LogP contribution in [0.4, 0.5) is 5.00 Å². The second-order valence-corrected chi connectivity index (χ2v) is 6.20. The summed E-state index contributed by atoms with van der Waals surface area (Å²) in [6.07, 6.45) is 1.43. The summed E-state index contributed by atoms with van der Waals surface area (Å²) in [5.74, 6) is -0.773. The van der Waals surface area contributed by atoms with Gasteiger partial charge in [0, 0.05) is 17.5 Å². The van der Waals surface area contributed by atoms with Gasteiger partial charge in [-0.1, -0.05) is 29.8 Å². The van der Waals surface area contributed by atoms with Gasteiger partial charge >= 0.3 is 0 Å². The van der Waals surface area contributed by atoms with Crippen LogP contribution < -0.4 is 10.7 Å². The van der Waals surface area contributed by atoms with E-state index >= 15 is 0 Å². The lowest BCUT2D eigenvalue weighted by Gasteiger charge is -1.99. The number of hydrogen-bond acceptors (Lipinski definition) is 5. The molecule has 0 bridgehead atoms. The number of halogens is 1. The number of rotatable bonds is 4. The Morgan fingerprint density at radius 2 is 2.08 bits per heavy atom. The summed E-state index contributed by atoms with van der Waals surface area (Å²) >= 11 is 7.03. The number of carbonyl (C=O) groups is 2. The number of nitrogens with one attached hydrogen (secondary N) is 2. The van der Waals surface area contributed by atoms with Crippen LogP contribution in [0.15, 0.2) is 29.4 Å². The molecule has 0 aliphatic rings. The summed E-state index contributed by atoms with van der Waals surface area (Å²) in [5, 5.41) is 16.5. The molecule has 24 heavy (non-hydrogen) atoms. The van der Waals surface area contributed by atoms with Gasteiger partial charge in [-0.25, -0.2) is 5.43 Å². The molecule has 0 saturated carbocycles. The molecule has 0 saturated heterocycles. The van der Waals surface area contributed by atoms with Crippen molar-refractivity contribution in [3.63, 3.8) is 0 Å². The molecule has 0 aliphatic heterocycles. The Labute approximate surface area is 147 Å². The zero-order chi connectivity index (χ0) is 17.7. The zero-order valence-corrected chi connectivity index (χ0v) is 14.5. The van der Waals surface area contributed by atoms with Gasteiger partial charge in [-0.3, -0.25) is 9.59 Å². The zero-order valence-electron chi connectivity index (χ0n) is 12.9. The van der Waals surface area contributed by atoms with Crippen molar-refractivity contribution >= 4 is 46.0 Å². The topological polar surface area (TPSA) is 94.3 Å². The average Bonchev–Trinajstić information content (AvgIpc) is 2.84. The van der Waals surface area contributed by atoms with Gasteiger partial charge in [-0.05, 0) is 18.6 Å². The van der Waals surface area contributed by atoms with Gasteiger partial charge in [0.05, 0.1) is 11.8 Å². The van der Waals surface area contributed by atoms with E-state index < -0.39 is 5.91 Å². The van der Waals surface area contributed by atoms with Crippen LogP contribution in [0.3, 0.4) is 0 Å². The van der Waals surface area contributed by atoms with Crippen molar-refractivity contribution in [2.45, 2.75) is 13.8 Å². The average molecular weight is 361 g/mol. The number of benzene rings is 1. The fraction of sp³-hybridized carbons (Fsp3) is 0.125. The molecule has 0 aliphatic carbocycles. The minimum atomic E-state index is -0.464. The van der Waals surface area contributed by atoms with Crippen LogP contribution in [0.1, 0.15) is 33.3 Å². The lowest BCUT2D eigenvalue weighted by Crippen LogP contribution is -2.17. The molecule has 0 spiro atoms. The number of hydrogen-bond donors (Lipinski definition) is 2. The first-order valence-electron chi connectivity index (χ1n) is 6.83. The Morgan fingerprint density at radius 3 is 2.71 bits per heavy atom. The van der Waals surface area contributed by atoms with E-state index in [9.17, 15) is 14.9 Å². The van der Waals surface area contributed by atoms with Crippen LogP contribution >= 0.6 is 22.9 Å². The highest BCUT2D eigenvalue weighted by atomic mass is 35.5.